The maximum atomic E-state index is 13.1. The lowest BCUT2D eigenvalue weighted by Crippen LogP contribution is -2.14. The summed E-state index contributed by atoms with van der Waals surface area (Å²) in [5.74, 6) is -0.406. The highest BCUT2D eigenvalue weighted by Gasteiger charge is 2.13. The molecule has 5 heteroatoms. The van der Waals surface area contributed by atoms with Crippen molar-refractivity contribution in [1.82, 2.24) is 9.97 Å². The molecule has 0 aliphatic rings. The Labute approximate surface area is 103 Å². The lowest BCUT2D eigenvalue weighted by Gasteiger charge is -2.05. The van der Waals surface area contributed by atoms with Gasteiger partial charge in [0, 0.05) is 6.42 Å². The molecule has 0 saturated heterocycles. The maximum Gasteiger partial charge on any atom is 0.262 e. The second-order valence-electron chi connectivity index (χ2n) is 3.97. The van der Waals surface area contributed by atoms with E-state index in [0.717, 1.165) is 6.42 Å². The van der Waals surface area contributed by atoms with E-state index in [1.807, 2.05) is 6.92 Å². The molecular weight excluding hydrogens is 235 g/mol. The third-order valence-corrected chi connectivity index (χ3v) is 2.55. The number of halogens is 1. The van der Waals surface area contributed by atoms with E-state index in [9.17, 15) is 14.3 Å². The van der Waals surface area contributed by atoms with E-state index in [1.54, 1.807) is 6.07 Å². The summed E-state index contributed by atoms with van der Waals surface area (Å²) in [4.78, 5) is 18.4. The van der Waals surface area contributed by atoms with Crippen molar-refractivity contribution < 1.29 is 9.50 Å². The van der Waals surface area contributed by atoms with Gasteiger partial charge in [0.2, 0.25) is 5.88 Å². The zero-order valence-electron chi connectivity index (χ0n) is 9.90. The maximum absolute atomic E-state index is 13.1. The van der Waals surface area contributed by atoms with Crippen molar-refractivity contribution in [1.29, 1.82) is 0 Å². The van der Waals surface area contributed by atoms with Gasteiger partial charge in [0.05, 0.1) is 0 Å². The third kappa shape index (κ3) is 2.40. The van der Waals surface area contributed by atoms with Crippen LogP contribution in [-0.4, -0.2) is 15.1 Å². The highest BCUT2D eigenvalue weighted by Crippen LogP contribution is 2.23. The fourth-order valence-electron chi connectivity index (χ4n) is 1.77. The number of benzene rings is 1. The summed E-state index contributed by atoms with van der Waals surface area (Å²) in [7, 11) is 0. The molecule has 0 amide bonds. The van der Waals surface area contributed by atoms with E-state index in [1.165, 1.54) is 18.2 Å². The average Bonchev–Trinajstić information content (AvgIpc) is 2.28. The molecule has 2 N–H and O–H groups in total. The van der Waals surface area contributed by atoms with Crippen LogP contribution in [0, 0.1) is 5.82 Å². The number of aromatic amines is 1. The van der Waals surface area contributed by atoms with Gasteiger partial charge in [-0.05, 0) is 24.1 Å². The minimum atomic E-state index is -0.469. The molecule has 0 atom stereocenters. The average molecular weight is 248 g/mol. The first-order chi connectivity index (χ1) is 8.61. The monoisotopic (exact) mass is 248 g/mol. The highest BCUT2D eigenvalue weighted by atomic mass is 19.1. The summed E-state index contributed by atoms with van der Waals surface area (Å²) in [5.41, 5.74) is -0.157. The van der Waals surface area contributed by atoms with Gasteiger partial charge in [-0.1, -0.05) is 19.1 Å². The van der Waals surface area contributed by atoms with Gasteiger partial charge in [-0.3, -0.25) is 4.79 Å². The zero-order chi connectivity index (χ0) is 13.1. The molecule has 0 aliphatic carbocycles. The van der Waals surface area contributed by atoms with Gasteiger partial charge in [0.25, 0.3) is 5.56 Å². The molecule has 2 aromatic rings. The van der Waals surface area contributed by atoms with Gasteiger partial charge in [-0.15, -0.1) is 0 Å². The first-order valence-electron chi connectivity index (χ1n) is 5.70. The van der Waals surface area contributed by atoms with E-state index >= 15 is 0 Å². The molecule has 1 aromatic heterocycles. The number of nitrogens with one attached hydrogen (secondary N) is 1. The van der Waals surface area contributed by atoms with Gasteiger partial charge >= 0.3 is 0 Å². The predicted octanol–water partition coefficient (Wildman–Crippen LogP) is 2.23. The summed E-state index contributed by atoms with van der Waals surface area (Å²) < 4.78 is 13.1. The standard InChI is InChI=1S/C13H13FN2O2/c1-2-4-10-15-12(17)11(13(18)16-10)8-5-3-6-9(14)7-8/h3,5-7H,2,4H2,1H3,(H2,15,16,17,18). The number of rotatable bonds is 3. The molecule has 1 aromatic carbocycles. The van der Waals surface area contributed by atoms with Gasteiger partial charge in [0.1, 0.15) is 17.2 Å². The molecule has 0 aliphatic heterocycles. The van der Waals surface area contributed by atoms with Crippen molar-refractivity contribution in [2.75, 3.05) is 0 Å². The molecule has 0 fully saturated rings. The highest BCUT2D eigenvalue weighted by molar-refractivity contribution is 5.67. The Hall–Kier alpha value is -2.17. The Morgan fingerprint density at radius 3 is 2.83 bits per heavy atom. The van der Waals surface area contributed by atoms with E-state index < -0.39 is 11.4 Å². The molecule has 0 saturated carbocycles. The fourth-order valence-corrected chi connectivity index (χ4v) is 1.77. The predicted molar refractivity (Wildman–Crippen MR) is 65.9 cm³/mol. The van der Waals surface area contributed by atoms with Crippen LogP contribution in [0.2, 0.25) is 0 Å². The van der Waals surface area contributed by atoms with Crippen molar-refractivity contribution in [2.24, 2.45) is 0 Å². The van der Waals surface area contributed by atoms with Crippen LogP contribution in [-0.2, 0) is 6.42 Å². The summed E-state index contributed by atoms with van der Waals surface area (Å²) >= 11 is 0. The van der Waals surface area contributed by atoms with Crippen LogP contribution in [0.5, 0.6) is 5.88 Å². The number of hydrogen-bond acceptors (Lipinski definition) is 3. The quantitative estimate of drug-likeness (QED) is 0.875. The van der Waals surface area contributed by atoms with E-state index in [4.69, 9.17) is 0 Å². The van der Waals surface area contributed by atoms with Crippen LogP contribution in [0.25, 0.3) is 11.1 Å². The fraction of sp³-hybridized carbons (Fsp3) is 0.231. The number of hydrogen-bond donors (Lipinski definition) is 2. The van der Waals surface area contributed by atoms with Crippen molar-refractivity contribution in [3.05, 3.63) is 46.3 Å². The molecule has 0 radical (unpaired) electrons. The topological polar surface area (TPSA) is 66.0 Å². The van der Waals surface area contributed by atoms with Gasteiger partial charge < -0.3 is 10.1 Å². The number of nitrogens with zero attached hydrogens (tertiary/aromatic N) is 1. The normalized spacial score (nSPS) is 10.6. The molecule has 18 heavy (non-hydrogen) atoms. The zero-order valence-corrected chi connectivity index (χ0v) is 9.90. The number of aromatic nitrogens is 2. The number of aryl methyl sites for hydroxylation is 1. The number of H-pyrrole nitrogens is 1. The third-order valence-electron chi connectivity index (χ3n) is 2.55. The molecule has 1 heterocycles. The lowest BCUT2D eigenvalue weighted by atomic mass is 10.1. The van der Waals surface area contributed by atoms with Crippen LogP contribution >= 0.6 is 0 Å². The molecule has 0 bridgehead atoms. The van der Waals surface area contributed by atoms with Crippen LogP contribution in [0.15, 0.2) is 29.1 Å². The summed E-state index contributed by atoms with van der Waals surface area (Å²) in [6.45, 7) is 1.94. The van der Waals surface area contributed by atoms with Gasteiger partial charge in [-0.25, -0.2) is 4.39 Å². The van der Waals surface area contributed by atoms with Crippen LogP contribution in [0.1, 0.15) is 19.2 Å². The first kappa shape index (κ1) is 12.3. The minimum absolute atomic E-state index is 0.00523. The van der Waals surface area contributed by atoms with Gasteiger partial charge in [-0.2, -0.15) is 4.98 Å². The smallest absolute Gasteiger partial charge is 0.262 e. The van der Waals surface area contributed by atoms with Crippen molar-refractivity contribution in [3.63, 3.8) is 0 Å². The Bertz CT molecular complexity index is 623. The Morgan fingerprint density at radius 2 is 2.22 bits per heavy atom. The van der Waals surface area contributed by atoms with E-state index in [0.29, 0.717) is 17.8 Å². The number of aromatic hydroxyl groups is 1. The second kappa shape index (κ2) is 5.00. The molecular formula is C13H13FN2O2. The van der Waals surface area contributed by atoms with E-state index in [2.05, 4.69) is 9.97 Å². The first-order valence-corrected chi connectivity index (χ1v) is 5.70. The van der Waals surface area contributed by atoms with Gasteiger partial charge in [0.15, 0.2) is 0 Å². The largest absolute Gasteiger partial charge is 0.493 e. The Kier molecular flexibility index (Phi) is 3.41. The second-order valence-corrected chi connectivity index (χ2v) is 3.97. The van der Waals surface area contributed by atoms with Crippen molar-refractivity contribution in [3.8, 4) is 17.0 Å². The Balaban J connectivity index is 2.55. The van der Waals surface area contributed by atoms with E-state index in [-0.39, 0.29) is 11.4 Å². The summed E-state index contributed by atoms with van der Waals surface area (Å²) in [6.07, 6.45) is 1.38. The van der Waals surface area contributed by atoms with Crippen LogP contribution in [0.3, 0.4) is 0 Å². The van der Waals surface area contributed by atoms with Crippen molar-refractivity contribution >= 4 is 0 Å². The SMILES string of the molecule is CCCc1nc(O)c(-c2cccc(F)c2)c(=O)[nH]1. The molecule has 4 nitrogen and oxygen atoms in total. The Morgan fingerprint density at radius 1 is 1.44 bits per heavy atom. The molecule has 2 rings (SSSR count). The lowest BCUT2D eigenvalue weighted by molar-refractivity contribution is 0.449. The molecule has 94 valence electrons. The molecule has 0 unspecified atom stereocenters. The van der Waals surface area contributed by atoms with Crippen LogP contribution in [0.4, 0.5) is 4.39 Å². The molecule has 0 spiro atoms. The van der Waals surface area contributed by atoms with Crippen molar-refractivity contribution in [2.45, 2.75) is 19.8 Å². The minimum Gasteiger partial charge on any atom is -0.493 e. The summed E-state index contributed by atoms with van der Waals surface area (Å²) in [6, 6.07) is 5.48. The summed E-state index contributed by atoms with van der Waals surface area (Å²) in [5, 5.41) is 9.79. The van der Waals surface area contributed by atoms with Crippen LogP contribution < -0.4 is 5.56 Å².